The summed E-state index contributed by atoms with van der Waals surface area (Å²) in [7, 11) is 0. The molecule has 0 radical (unpaired) electrons. The molecule has 0 bridgehead atoms. The highest BCUT2D eigenvalue weighted by atomic mass is 32.1. The van der Waals surface area contributed by atoms with Crippen LogP contribution in [0.4, 0.5) is 5.13 Å². The van der Waals surface area contributed by atoms with E-state index in [0.717, 1.165) is 58.6 Å². The number of nitrogens with zero attached hydrogens (tertiary/aromatic N) is 2. The van der Waals surface area contributed by atoms with Gasteiger partial charge in [-0.2, -0.15) is 0 Å². The summed E-state index contributed by atoms with van der Waals surface area (Å²) in [5, 5.41) is 17.8. The third-order valence-electron chi connectivity index (χ3n) is 7.28. The molecule has 8 heteroatoms. The predicted octanol–water partition coefficient (Wildman–Crippen LogP) is 5.44. The second-order valence-electron chi connectivity index (χ2n) is 10.4. The van der Waals surface area contributed by atoms with Gasteiger partial charge in [-0.05, 0) is 85.7 Å². The first-order valence-corrected chi connectivity index (χ1v) is 14.0. The highest BCUT2D eigenvalue weighted by molar-refractivity contribution is 7.14. The largest absolute Gasteiger partial charge is 0.395 e. The van der Waals surface area contributed by atoms with Gasteiger partial charge in [0.2, 0.25) is 5.91 Å². The first kappa shape index (κ1) is 26.7. The molecule has 2 aromatic carbocycles. The summed E-state index contributed by atoms with van der Waals surface area (Å²) in [6.07, 6.45) is 2.84. The van der Waals surface area contributed by atoms with E-state index < -0.39 is 0 Å². The maximum atomic E-state index is 12.8. The highest BCUT2D eigenvalue weighted by Crippen LogP contribution is 2.37. The number of amides is 2. The standard InChI is InChI=1S/C31H32N4O3S/c1-19-12-25(13-20(2)33-19)22-6-4-7-23(14-22)27-17-39-30(34-27)35-28(37)16-32-29(38)24-10-9-21-8-5-11-31(3,18-36)26(21)15-24/h4,6-7,9-10,12-15,17,36H,5,8,11,16,18H2,1-3H3,(H,32,38)(H,34,35,37). The van der Waals surface area contributed by atoms with Gasteiger partial charge >= 0.3 is 0 Å². The molecule has 2 amide bonds. The van der Waals surface area contributed by atoms with Gasteiger partial charge in [0.25, 0.3) is 5.91 Å². The van der Waals surface area contributed by atoms with Gasteiger partial charge in [0.1, 0.15) is 0 Å². The number of anilines is 1. The van der Waals surface area contributed by atoms with Gasteiger partial charge in [0.15, 0.2) is 5.13 Å². The number of aliphatic hydroxyl groups excluding tert-OH is 1. The van der Waals surface area contributed by atoms with E-state index in [-0.39, 0.29) is 30.4 Å². The Balaban J connectivity index is 1.22. The Kier molecular flexibility index (Phi) is 7.59. The van der Waals surface area contributed by atoms with Gasteiger partial charge in [-0.1, -0.05) is 31.2 Å². The van der Waals surface area contributed by atoms with E-state index in [0.29, 0.717) is 10.7 Å². The molecular weight excluding hydrogens is 508 g/mol. The van der Waals surface area contributed by atoms with Crippen LogP contribution in [0.1, 0.15) is 52.6 Å². The summed E-state index contributed by atoms with van der Waals surface area (Å²) >= 11 is 1.34. The van der Waals surface area contributed by atoms with E-state index in [4.69, 9.17) is 0 Å². The predicted molar refractivity (Wildman–Crippen MR) is 155 cm³/mol. The van der Waals surface area contributed by atoms with Crippen LogP contribution in [0.3, 0.4) is 0 Å². The molecule has 1 aliphatic rings. The Labute approximate surface area is 232 Å². The van der Waals surface area contributed by atoms with E-state index >= 15 is 0 Å². The summed E-state index contributed by atoms with van der Waals surface area (Å²) in [4.78, 5) is 34.4. The number of aliphatic hydroxyl groups is 1. The molecule has 7 nitrogen and oxygen atoms in total. The number of aromatic nitrogens is 2. The van der Waals surface area contributed by atoms with E-state index in [2.05, 4.69) is 44.9 Å². The van der Waals surface area contributed by atoms with E-state index in [1.165, 1.54) is 16.9 Å². The van der Waals surface area contributed by atoms with Crippen LogP contribution in [0, 0.1) is 13.8 Å². The molecule has 1 atom stereocenters. The Morgan fingerprint density at radius 3 is 2.54 bits per heavy atom. The van der Waals surface area contributed by atoms with Crippen LogP contribution in [0.2, 0.25) is 0 Å². The average Bonchev–Trinajstić information content (AvgIpc) is 3.40. The SMILES string of the molecule is Cc1cc(-c2cccc(-c3csc(NC(=O)CNC(=O)c4ccc5c(c4)C(C)(CO)CCC5)n3)c2)cc(C)n1. The van der Waals surface area contributed by atoms with Gasteiger partial charge in [0, 0.05) is 33.3 Å². The fourth-order valence-corrected chi connectivity index (χ4v) is 5.95. The lowest BCUT2D eigenvalue weighted by Crippen LogP contribution is -2.34. The van der Waals surface area contributed by atoms with Crippen molar-refractivity contribution in [3.05, 3.63) is 88.1 Å². The second-order valence-corrected chi connectivity index (χ2v) is 11.3. The number of hydrogen-bond donors (Lipinski definition) is 3. The van der Waals surface area contributed by atoms with Crippen molar-refractivity contribution in [2.24, 2.45) is 0 Å². The number of benzene rings is 2. The van der Waals surface area contributed by atoms with Crippen molar-refractivity contribution in [2.45, 2.75) is 45.4 Å². The molecule has 4 aromatic rings. The van der Waals surface area contributed by atoms with Crippen LogP contribution in [0.15, 0.2) is 60.0 Å². The smallest absolute Gasteiger partial charge is 0.251 e. The van der Waals surface area contributed by atoms with Crippen molar-refractivity contribution in [1.29, 1.82) is 0 Å². The molecule has 5 rings (SSSR count). The molecule has 0 saturated carbocycles. The monoisotopic (exact) mass is 540 g/mol. The minimum Gasteiger partial charge on any atom is -0.395 e. The third kappa shape index (κ3) is 5.92. The van der Waals surface area contributed by atoms with E-state index in [1.807, 2.05) is 50.4 Å². The molecule has 39 heavy (non-hydrogen) atoms. The molecule has 1 unspecified atom stereocenters. The Morgan fingerprint density at radius 2 is 1.77 bits per heavy atom. The topological polar surface area (TPSA) is 104 Å². The summed E-state index contributed by atoms with van der Waals surface area (Å²) < 4.78 is 0. The molecule has 200 valence electrons. The molecule has 0 fully saturated rings. The first-order chi connectivity index (χ1) is 18.7. The second kappa shape index (κ2) is 11.1. The van der Waals surface area contributed by atoms with Crippen molar-refractivity contribution < 1.29 is 14.7 Å². The molecule has 0 aliphatic heterocycles. The minimum atomic E-state index is -0.348. The zero-order chi connectivity index (χ0) is 27.6. The summed E-state index contributed by atoms with van der Waals surface area (Å²) in [6.45, 7) is 5.87. The van der Waals surface area contributed by atoms with Crippen molar-refractivity contribution in [3.8, 4) is 22.4 Å². The van der Waals surface area contributed by atoms with Gasteiger partial charge in [0.05, 0.1) is 18.8 Å². The van der Waals surface area contributed by atoms with Crippen LogP contribution in [-0.4, -0.2) is 40.0 Å². The van der Waals surface area contributed by atoms with Gasteiger partial charge < -0.3 is 15.7 Å². The number of thiazole rings is 1. The minimum absolute atomic E-state index is 0.0383. The molecule has 0 spiro atoms. The maximum Gasteiger partial charge on any atom is 0.251 e. The molecule has 3 N–H and O–H groups in total. The summed E-state index contributed by atoms with van der Waals surface area (Å²) in [5.74, 6) is -0.670. The molecule has 2 aromatic heterocycles. The summed E-state index contributed by atoms with van der Waals surface area (Å²) in [5.41, 5.74) is 8.15. The number of fused-ring (bicyclic) bond motifs is 1. The quantitative estimate of drug-likeness (QED) is 0.289. The maximum absolute atomic E-state index is 12.8. The number of hydrogen-bond acceptors (Lipinski definition) is 6. The number of carbonyl (C=O) groups excluding carboxylic acids is 2. The average molecular weight is 541 g/mol. The zero-order valence-corrected chi connectivity index (χ0v) is 23.2. The normalized spacial score (nSPS) is 16.4. The van der Waals surface area contributed by atoms with Crippen LogP contribution in [0.25, 0.3) is 22.4 Å². The van der Waals surface area contributed by atoms with Crippen LogP contribution in [-0.2, 0) is 16.6 Å². The number of aryl methyl sites for hydroxylation is 3. The fraction of sp³-hybridized carbons (Fsp3) is 0.290. The molecule has 2 heterocycles. The molecule has 0 saturated heterocycles. The van der Waals surface area contributed by atoms with Crippen LogP contribution >= 0.6 is 11.3 Å². The highest BCUT2D eigenvalue weighted by Gasteiger charge is 2.32. The zero-order valence-electron chi connectivity index (χ0n) is 22.4. The Hall–Kier alpha value is -3.88. The van der Waals surface area contributed by atoms with Crippen molar-refractivity contribution in [1.82, 2.24) is 15.3 Å². The van der Waals surface area contributed by atoms with Crippen molar-refractivity contribution in [3.63, 3.8) is 0 Å². The molecule has 1 aliphatic carbocycles. The Bertz CT molecular complexity index is 1530. The lowest BCUT2D eigenvalue weighted by molar-refractivity contribution is -0.115. The lowest BCUT2D eigenvalue weighted by Gasteiger charge is -2.34. The molecular formula is C31H32N4O3S. The number of carbonyl (C=O) groups is 2. The Morgan fingerprint density at radius 1 is 1.00 bits per heavy atom. The number of rotatable bonds is 7. The summed E-state index contributed by atoms with van der Waals surface area (Å²) in [6, 6.07) is 17.8. The van der Waals surface area contributed by atoms with Crippen LogP contribution in [0.5, 0.6) is 0 Å². The third-order valence-corrected chi connectivity index (χ3v) is 8.04. The van der Waals surface area contributed by atoms with E-state index in [9.17, 15) is 14.7 Å². The number of pyridine rings is 1. The first-order valence-electron chi connectivity index (χ1n) is 13.1. The fourth-order valence-electron chi connectivity index (χ4n) is 5.21. The van der Waals surface area contributed by atoms with Crippen molar-refractivity contribution >= 4 is 28.3 Å². The van der Waals surface area contributed by atoms with Gasteiger partial charge in [-0.15, -0.1) is 11.3 Å². The van der Waals surface area contributed by atoms with Gasteiger partial charge in [-0.25, -0.2) is 4.98 Å². The van der Waals surface area contributed by atoms with Gasteiger partial charge in [-0.3, -0.25) is 14.6 Å². The van der Waals surface area contributed by atoms with Crippen molar-refractivity contribution in [2.75, 3.05) is 18.5 Å². The lowest BCUT2D eigenvalue weighted by atomic mass is 9.71. The van der Waals surface area contributed by atoms with Crippen LogP contribution < -0.4 is 10.6 Å². The number of nitrogens with one attached hydrogen (secondary N) is 2. The van der Waals surface area contributed by atoms with E-state index in [1.54, 1.807) is 6.07 Å².